The number of carbonyl (C=O) groups is 2. The number of benzene rings is 2. The van der Waals surface area contributed by atoms with Crippen LogP contribution in [0.15, 0.2) is 47.8 Å². The minimum absolute atomic E-state index is 0.0574. The summed E-state index contributed by atoms with van der Waals surface area (Å²) in [7, 11) is 0. The number of rotatable bonds is 5. The van der Waals surface area contributed by atoms with Crippen molar-refractivity contribution in [2.24, 2.45) is 0 Å². The number of carbonyl (C=O) groups excluding carboxylic acids is 2. The smallest absolute Gasteiger partial charge is 0.338 e. The third-order valence-electron chi connectivity index (χ3n) is 4.28. The van der Waals surface area contributed by atoms with Crippen molar-refractivity contribution in [1.82, 2.24) is 4.98 Å². The van der Waals surface area contributed by atoms with Gasteiger partial charge in [-0.25, -0.2) is 9.78 Å². The summed E-state index contributed by atoms with van der Waals surface area (Å²) in [6.07, 6.45) is 0. The highest BCUT2D eigenvalue weighted by molar-refractivity contribution is 7.14. The number of hydrogen-bond acceptors (Lipinski definition) is 5. The SMILES string of the molecule is CC(=O)N(c1nc(COC(=O)c2ccc(C)cc2)cs1)c1ccc(C)cc1C. The Balaban J connectivity index is 1.75. The summed E-state index contributed by atoms with van der Waals surface area (Å²) in [5, 5.41) is 2.36. The van der Waals surface area contributed by atoms with Gasteiger partial charge in [-0.2, -0.15) is 0 Å². The molecule has 28 heavy (non-hydrogen) atoms. The Bertz CT molecular complexity index is 1010. The van der Waals surface area contributed by atoms with Crippen LogP contribution in [-0.2, 0) is 16.1 Å². The highest BCUT2D eigenvalue weighted by Crippen LogP contribution is 2.31. The van der Waals surface area contributed by atoms with Gasteiger partial charge in [0.2, 0.25) is 5.91 Å². The molecule has 0 spiro atoms. The zero-order valence-electron chi connectivity index (χ0n) is 16.4. The van der Waals surface area contributed by atoms with E-state index in [9.17, 15) is 9.59 Å². The van der Waals surface area contributed by atoms with E-state index in [1.807, 2.05) is 51.1 Å². The summed E-state index contributed by atoms with van der Waals surface area (Å²) < 4.78 is 5.35. The Kier molecular flexibility index (Phi) is 5.90. The van der Waals surface area contributed by atoms with Crippen molar-refractivity contribution >= 4 is 34.0 Å². The molecule has 1 aromatic heterocycles. The molecule has 0 radical (unpaired) electrons. The van der Waals surface area contributed by atoms with E-state index in [1.54, 1.807) is 22.4 Å². The maximum absolute atomic E-state index is 12.3. The zero-order chi connectivity index (χ0) is 20.3. The van der Waals surface area contributed by atoms with Gasteiger partial charge in [-0.05, 0) is 44.5 Å². The lowest BCUT2D eigenvalue weighted by Gasteiger charge is -2.20. The first-order chi connectivity index (χ1) is 13.3. The second kappa shape index (κ2) is 8.35. The van der Waals surface area contributed by atoms with Crippen LogP contribution in [0.1, 0.15) is 39.7 Å². The first kappa shape index (κ1) is 19.8. The first-order valence-corrected chi connectivity index (χ1v) is 9.79. The van der Waals surface area contributed by atoms with Gasteiger partial charge in [0.1, 0.15) is 6.61 Å². The van der Waals surface area contributed by atoms with Crippen LogP contribution >= 0.6 is 11.3 Å². The zero-order valence-corrected chi connectivity index (χ0v) is 17.2. The van der Waals surface area contributed by atoms with Crippen LogP contribution in [0.2, 0.25) is 0 Å². The van der Waals surface area contributed by atoms with E-state index in [0.717, 1.165) is 22.4 Å². The molecule has 6 heteroatoms. The largest absolute Gasteiger partial charge is 0.456 e. The summed E-state index contributed by atoms with van der Waals surface area (Å²) in [5.41, 5.74) is 5.12. The molecule has 0 saturated carbocycles. The first-order valence-electron chi connectivity index (χ1n) is 8.91. The average molecular weight is 394 g/mol. The van der Waals surface area contributed by atoms with E-state index >= 15 is 0 Å². The molecule has 0 bridgehead atoms. The second-order valence-corrected chi connectivity index (χ2v) is 7.54. The number of ether oxygens (including phenoxy) is 1. The van der Waals surface area contributed by atoms with Crippen molar-refractivity contribution < 1.29 is 14.3 Å². The molecule has 0 atom stereocenters. The Hall–Kier alpha value is -2.99. The lowest BCUT2D eigenvalue weighted by atomic mass is 10.1. The molecule has 1 heterocycles. The monoisotopic (exact) mass is 394 g/mol. The van der Waals surface area contributed by atoms with Crippen LogP contribution < -0.4 is 4.90 Å². The number of esters is 1. The molecule has 144 valence electrons. The lowest BCUT2D eigenvalue weighted by molar-refractivity contribution is -0.115. The minimum Gasteiger partial charge on any atom is -0.456 e. The van der Waals surface area contributed by atoms with Crippen molar-refractivity contribution in [3.63, 3.8) is 0 Å². The third-order valence-corrected chi connectivity index (χ3v) is 5.15. The van der Waals surface area contributed by atoms with Crippen molar-refractivity contribution in [2.75, 3.05) is 4.90 Å². The normalized spacial score (nSPS) is 10.6. The van der Waals surface area contributed by atoms with Crippen LogP contribution in [0.5, 0.6) is 0 Å². The van der Waals surface area contributed by atoms with Gasteiger partial charge in [0, 0.05) is 12.3 Å². The maximum atomic E-state index is 12.3. The summed E-state index contributed by atoms with van der Waals surface area (Å²) in [6.45, 7) is 7.51. The number of amides is 1. The fourth-order valence-corrected chi connectivity index (χ4v) is 3.71. The summed E-state index contributed by atoms with van der Waals surface area (Å²) in [5.74, 6) is -0.517. The Morgan fingerprint density at radius 2 is 1.71 bits per heavy atom. The number of thiazole rings is 1. The Labute approximate surface area is 168 Å². The van der Waals surface area contributed by atoms with Gasteiger partial charge in [0.15, 0.2) is 5.13 Å². The van der Waals surface area contributed by atoms with Gasteiger partial charge in [-0.1, -0.05) is 35.4 Å². The van der Waals surface area contributed by atoms with Gasteiger partial charge in [0.25, 0.3) is 0 Å². The van der Waals surface area contributed by atoms with E-state index in [4.69, 9.17) is 4.74 Å². The fraction of sp³-hybridized carbons (Fsp3) is 0.227. The van der Waals surface area contributed by atoms with E-state index in [1.165, 1.54) is 18.3 Å². The molecule has 5 nitrogen and oxygen atoms in total. The number of aromatic nitrogens is 1. The predicted molar refractivity (Wildman–Crippen MR) is 111 cm³/mol. The summed E-state index contributed by atoms with van der Waals surface area (Å²) in [6, 6.07) is 13.1. The van der Waals surface area contributed by atoms with Gasteiger partial charge < -0.3 is 4.74 Å². The van der Waals surface area contributed by atoms with Crippen LogP contribution in [0.25, 0.3) is 0 Å². The summed E-state index contributed by atoms with van der Waals surface area (Å²) in [4.78, 5) is 30.5. The highest BCUT2D eigenvalue weighted by Gasteiger charge is 2.20. The minimum atomic E-state index is -0.396. The number of anilines is 2. The van der Waals surface area contributed by atoms with Crippen molar-refractivity contribution in [1.29, 1.82) is 0 Å². The van der Waals surface area contributed by atoms with Gasteiger partial charge >= 0.3 is 5.97 Å². The molecular weight excluding hydrogens is 372 g/mol. The number of nitrogens with zero attached hydrogens (tertiary/aromatic N) is 2. The van der Waals surface area contributed by atoms with E-state index in [-0.39, 0.29) is 12.5 Å². The third kappa shape index (κ3) is 4.46. The molecular formula is C22H22N2O3S. The second-order valence-electron chi connectivity index (χ2n) is 6.71. The van der Waals surface area contributed by atoms with E-state index in [0.29, 0.717) is 16.4 Å². The van der Waals surface area contributed by atoms with Crippen molar-refractivity contribution in [3.8, 4) is 0 Å². The van der Waals surface area contributed by atoms with Gasteiger partial charge in [-0.15, -0.1) is 11.3 Å². The van der Waals surface area contributed by atoms with Crippen LogP contribution in [0, 0.1) is 20.8 Å². The Morgan fingerprint density at radius 1 is 1.04 bits per heavy atom. The molecule has 0 saturated heterocycles. The summed E-state index contributed by atoms with van der Waals surface area (Å²) >= 11 is 1.35. The van der Waals surface area contributed by atoms with E-state index in [2.05, 4.69) is 4.98 Å². The maximum Gasteiger partial charge on any atom is 0.338 e. The predicted octanol–water partition coefficient (Wildman–Crippen LogP) is 5.11. The van der Waals surface area contributed by atoms with Gasteiger partial charge in [-0.3, -0.25) is 9.69 Å². The molecule has 2 aromatic carbocycles. The fourth-order valence-electron chi connectivity index (χ4n) is 2.84. The molecule has 0 N–H and O–H groups in total. The van der Waals surface area contributed by atoms with Crippen LogP contribution in [-0.4, -0.2) is 16.9 Å². The van der Waals surface area contributed by atoms with Gasteiger partial charge in [0.05, 0.1) is 16.9 Å². The molecule has 0 unspecified atom stereocenters. The molecule has 3 aromatic rings. The van der Waals surface area contributed by atoms with E-state index < -0.39 is 5.97 Å². The van der Waals surface area contributed by atoms with Crippen molar-refractivity contribution in [3.05, 3.63) is 75.8 Å². The quantitative estimate of drug-likeness (QED) is 0.564. The highest BCUT2D eigenvalue weighted by atomic mass is 32.1. The van der Waals surface area contributed by atoms with Crippen molar-refractivity contribution in [2.45, 2.75) is 34.3 Å². The average Bonchev–Trinajstić information content (AvgIpc) is 3.10. The topological polar surface area (TPSA) is 59.5 Å². The molecule has 0 aliphatic heterocycles. The standard InChI is InChI=1S/C22H22N2O3S/c1-14-5-8-18(9-6-14)21(26)27-12-19-13-28-22(23-19)24(17(4)25)20-10-7-15(2)11-16(20)3/h5-11,13H,12H2,1-4H3. The number of aryl methyl sites for hydroxylation is 3. The molecule has 0 aliphatic carbocycles. The molecule has 1 amide bonds. The molecule has 0 aliphatic rings. The Morgan fingerprint density at radius 3 is 2.36 bits per heavy atom. The van der Waals surface area contributed by atoms with Crippen LogP contribution in [0.4, 0.5) is 10.8 Å². The number of hydrogen-bond donors (Lipinski definition) is 0. The molecule has 0 fully saturated rings. The lowest BCUT2D eigenvalue weighted by Crippen LogP contribution is -2.23. The van der Waals surface area contributed by atoms with Crippen LogP contribution in [0.3, 0.4) is 0 Å². The molecule has 3 rings (SSSR count).